The second-order valence-corrected chi connectivity index (χ2v) is 9.83. The molecule has 1 amide bonds. The Morgan fingerprint density at radius 3 is 2.81 bits per heavy atom. The van der Waals surface area contributed by atoms with Gasteiger partial charge in [0.25, 0.3) is 0 Å². The summed E-state index contributed by atoms with van der Waals surface area (Å²) in [5.74, 6) is 1.07. The van der Waals surface area contributed by atoms with E-state index < -0.39 is 0 Å². The van der Waals surface area contributed by atoms with E-state index in [4.69, 9.17) is 10.5 Å². The highest BCUT2D eigenvalue weighted by Crippen LogP contribution is 2.46. The Morgan fingerprint density at radius 1 is 1.22 bits per heavy atom. The number of rotatable bonds is 2. The molecule has 176 valence electrons. The molecule has 0 saturated carbocycles. The zero-order valence-electron chi connectivity index (χ0n) is 18.2. The molecule has 0 bridgehead atoms. The van der Waals surface area contributed by atoms with Gasteiger partial charge >= 0.3 is 0 Å². The van der Waals surface area contributed by atoms with Gasteiger partial charge in [-0.3, -0.25) is 4.79 Å². The maximum absolute atomic E-state index is 13.1. The minimum Gasteiger partial charge on any atom is -0.384 e. The van der Waals surface area contributed by atoms with E-state index in [-0.39, 0.29) is 36.3 Å². The molecule has 0 radical (unpaired) electrons. The monoisotopic (exact) mass is 498 g/mol. The van der Waals surface area contributed by atoms with E-state index in [9.17, 15) is 4.79 Å². The highest BCUT2D eigenvalue weighted by molar-refractivity contribution is 7.15. The molecule has 2 aromatic heterocycles. The zero-order valence-corrected chi connectivity index (χ0v) is 20.6. The van der Waals surface area contributed by atoms with Gasteiger partial charge in [-0.25, -0.2) is 4.98 Å². The van der Waals surface area contributed by atoms with Gasteiger partial charge in [0.05, 0.1) is 22.8 Å². The van der Waals surface area contributed by atoms with Gasteiger partial charge in [-0.2, -0.15) is 0 Å². The SMILES string of the molecule is Cl.Cl.Nc1cccc(-c2cc3c(s2)CCOC32CCN(C(=O)C3CCCNCC3)CC2)n1. The number of nitrogen functional groups attached to an aromatic ring is 1. The zero-order chi connectivity index (χ0) is 20.6. The van der Waals surface area contributed by atoms with Crippen molar-refractivity contribution in [2.24, 2.45) is 5.92 Å². The number of nitrogens with zero attached hydrogens (tertiary/aromatic N) is 2. The highest BCUT2D eigenvalue weighted by Gasteiger charge is 2.43. The van der Waals surface area contributed by atoms with E-state index in [0.29, 0.717) is 11.7 Å². The summed E-state index contributed by atoms with van der Waals surface area (Å²) in [6.07, 6.45) is 5.75. The summed E-state index contributed by atoms with van der Waals surface area (Å²) < 4.78 is 6.41. The van der Waals surface area contributed by atoms with Crippen LogP contribution < -0.4 is 11.1 Å². The molecule has 9 heteroatoms. The Labute approximate surface area is 206 Å². The molecule has 0 aliphatic carbocycles. The van der Waals surface area contributed by atoms with Crippen molar-refractivity contribution in [1.82, 2.24) is 15.2 Å². The lowest BCUT2D eigenvalue weighted by atomic mass is 9.81. The summed E-state index contributed by atoms with van der Waals surface area (Å²) >= 11 is 1.81. The summed E-state index contributed by atoms with van der Waals surface area (Å²) in [5, 5.41) is 3.41. The standard InChI is InChI=1S/C23H30N4O2S.2ClH/c24-21-5-1-4-18(26-21)20-15-17-19(30-20)7-14-29-23(17)8-12-27(13-9-23)22(28)16-3-2-10-25-11-6-16;;/h1,4-5,15-16,25H,2-3,6-14H2,(H2,24,26);2*1H. The molecule has 1 atom stereocenters. The van der Waals surface area contributed by atoms with E-state index in [1.54, 1.807) is 0 Å². The lowest BCUT2D eigenvalue weighted by molar-refractivity contribution is -0.144. The molecule has 3 aliphatic heterocycles. The Morgan fingerprint density at radius 2 is 2.03 bits per heavy atom. The first-order valence-corrected chi connectivity index (χ1v) is 12.0. The number of fused-ring (bicyclic) bond motifs is 2. The molecule has 5 heterocycles. The fraction of sp³-hybridized carbons (Fsp3) is 0.565. The van der Waals surface area contributed by atoms with Crippen molar-refractivity contribution in [3.05, 3.63) is 34.7 Å². The van der Waals surface area contributed by atoms with Crippen molar-refractivity contribution < 1.29 is 9.53 Å². The number of carbonyl (C=O) groups is 1. The van der Waals surface area contributed by atoms with Crippen LogP contribution in [0.25, 0.3) is 10.6 Å². The first-order chi connectivity index (χ1) is 14.6. The van der Waals surface area contributed by atoms with Crippen molar-refractivity contribution in [3.8, 4) is 10.6 Å². The van der Waals surface area contributed by atoms with Crippen LogP contribution in [0.5, 0.6) is 0 Å². The number of aromatic nitrogens is 1. The van der Waals surface area contributed by atoms with Crippen LogP contribution in [0.15, 0.2) is 24.3 Å². The van der Waals surface area contributed by atoms with E-state index in [1.165, 1.54) is 10.4 Å². The van der Waals surface area contributed by atoms with E-state index in [0.717, 1.165) is 81.9 Å². The van der Waals surface area contributed by atoms with Gasteiger partial charge < -0.3 is 20.7 Å². The summed E-state index contributed by atoms with van der Waals surface area (Å²) in [7, 11) is 0. The van der Waals surface area contributed by atoms with Crippen LogP contribution in [-0.2, 0) is 21.6 Å². The number of nitrogens with two attached hydrogens (primary N) is 1. The van der Waals surface area contributed by atoms with Crippen LogP contribution >= 0.6 is 36.2 Å². The predicted molar refractivity (Wildman–Crippen MR) is 134 cm³/mol. The number of thiophene rings is 1. The Hall–Kier alpha value is -1.38. The largest absolute Gasteiger partial charge is 0.384 e. The maximum Gasteiger partial charge on any atom is 0.225 e. The first-order valence-electron chi connectivity index (χ1n) is 11.1. The van der Waals surface area contributed by atoms with Gasteiger partial charge in [0.15, 0.2) is 0 Å². The number of carbonyl (C=O) groups excluding carboxylic acids is 1. The first kappa shape index (κ1) is 25.2. The maximum atomic E-state index is 13.1. The third-order valence-corrected chi connectivity index (χ3v) is 8.06. The van der Waals surface area contributed by atoms with Crippen molar-refractivity contribution in [3.63, 3.8) is 0 Å². The molecule has 32 heavy (non-hydrogen) atoms. The molecule has 3 N–H and O–H groups in total. The van der Waals surface area contributed by atoms with Crippen LogP contribution in [0.2, 0.25) is 0 Å². The molecule has 5 rings (SSSR count). The van der Waals surface area contributed by atoms with Crippen LogP contribution in [0.1, 0.15) is 42.5 Å². The molecule has 3 aliphatic rings. The lowest BCUT2D eigenvalue weighted by Crippen LogP contribution is -2.49. The quantitative estimate of drug-likeness (QED) is 0.653. The van der Waals surface area contributed by atoms with Crippen molar-refractivity contribution in [1.29, 1.82) is 0 Å². The molecule has 1 spiro atoms. The normalized spacial score (nSPS) is 22.2. The number of pyridine rings is 1. The smallest absolute Gasteiger partial charge is 0.225 e. The Balaban J connectivity index is 0.00000144. The Kier molecular flexibility index (Phi) is 8.44. The summed E-state index contributed by atoms with van der Waals surface area (Å²) in [5.41, 5.74) is 7.88. The number of hydrogen-bond donors (Lipinski definition) is 2. The van der Waals surface area contributed by atoms with Gasteiger partial charge in [-0.05, 0) is 69.0 Å². The number of halogens is 2. The highest BCUT2D eigenvalue weighted by atomic mass is 35.5. The Bertz CT molecular complexity index is 922. The number of likely N-dealkylation sites (tertiary alicyclic amines) is 1. The van der Waals surface area contributed by atoms with Crippen LogP contribution in [0, 0.1) is 5.92 Å². The molecule has 6 nitrogen and oxygen atoms in total. The lowest BCUT2D eigenvalue weighted by Gasteiger charge is -2.44. The van der Waals surface area contributed by atoms with Gasteiger partial charge in [-0.15, -0.1) is 36.2 Å². The fourth-order valence-corrected chi connectivity index (χ4v) is 6.36. The third-order valence-electron chi connectivity index (χ3n) is 6.84. The molecule has 2 fully saturated rings. The minimum atomic E-state index is -0.259. The van der Waals surface area contributed by atoms with Gasteiger partial charge in [0.2, 0.25) is 5.91 Å². The second-order valence-electron chi connectivity index (χ2n) is 8.69. The number of amides is 1. The number of hydrogen-bond acceptors (Lipinski definition) is 6. The second kappa shape index (κ2) is 10.7. The summed E-state index contributed by atoms with van der Waals surface area (Å²) in [6, 6.07) is 8.05. The van der Waals surface area contributed by atoms with Crippen molar-refractivity contribution >= 4 is 47.9 Å². The molecule has 2 aromatic rings. The predicted octanol–water partition coefficient (Wildman–Crippen LogP) is 4.02. The fourth-order valence-electron chi connectivity index (χ4n) is 5.16. The molecule has 2 saturated heterocycles. The topological polar surface area (TPSA) is 80.5 Å². The van der Waals surface area contributed by atoms with E-state index >= 15 is 0 Å². The summed E-state index contributed by atoms with van der Waals surface area (Å²) in [6.45, 7) is 4.30. The minimum absolute atomic E-state index is 0. The summed E-state index contributed by atoms with van der Waals surface area (Å²) in [4.78, 5) is 22.2. The molecule has 0 aromatic carbocycles. The van der Waals surface area contributed by atoms with Crippen molar-refractivity contribution in [2.45, 2.75) is 44.1 Å². The molecule has 1 unspecified atom stereocenters. The molecular weight excluding hydrogens is 467 g/mol. The average molecular weight is 500 g/mol. The average Bonchev–Trinajstić information content (AvgIpc) is 3.03. The van der Waals surface area contributed by atoms with Crippen LogP contribution in [-0.4, -0.2) is 48.6 Å². The number of ether oxygens (including phenoxy) is 1. The van der Waals surface area contributed by atoms with Gasteiger partial charge in [0, 0.05) is 30.3 Å². The van der Waals surface area contributed by atoms with Crippen LogP contribution in [0.3, 0.4) is 0 Å². The number of piperidine rings is 1. The van der Waals surface area contributed by atoms with E-state index in [1.807, 2.05) is 29.5 Å². The van der Waals surface area contributed by atoms with Gasteiger partial charge in [-0.1, -0.05) is 6.07 Å². The number of anilines is 1. The third kappa shape index (κ3) is 4.92. The van der Waals surface area contributed by atoms with E-state index in [2.05, 4.69) is 21.3 Å². The van der Waals surface area contributed by atoms with Crippen molar-refractivity contribution in [2.75, 3.05) is 38.5 Å². The van der Waals surface area contributed by atoms with Crippen LogP contribution in [0.4, 0.5) is 5.82 Å². The molecular formula is C23H32Cl2N4O2S. The number of nitrogens with one attached hydrogen (secondary N) is 1. The van der Waals surface area contributed by atoms with Gasteiger partial charge in [0.1, 0.15) is 5.82 Å².